The van der Waals surface area contributed by atoms with Crippen LogP contribution in [0.1, 0.15) is 51.9 Å². The second-order valence-electron chi connectivity index (χ2n) is 4.12. The van der Waals surface area contributed by atoms with E-state index in [1.807, 2.05) is 0 Å². The van der Waals surface area contributed by atoms with Crippen molar-refractivity contribution in [3.8, 4) is 0 Å². The average molecular weight is 236 g/mol. The van der Waals surface area contributed by atoms with E-state index in [1.165, 1.54) is 19.3 Å². The number of rotatable bonds is 10. The Kier molecular flexibility index (Phi) is 10.3. The van der Waals surface area contributed by atoms with Gasteiger partial charge in [-0.3, -0.25) is 0 Å². The molecule has 0 aromatic carbocycles. The topological polar surface area (TPSA) is 37.3 Å². The Bertz CT molecular complexity index is 275. The fourth-order valence-electron chi connectivity index (χ4n) is 1.37. The molecule has 0 rings (SSSR count). The molecule has 0 radical (unpaired) electrons. The van der Waals surface area contributed by atoms with Crippen molar-refractivity contribution in [1.29, 1.82) is 0 Å². The Hall–Kier alpha value is -1.31. The van der Waals surface area contributed by atoms with E-state index in [0.717, 1.165) is 19.3 Å². The summed E-state index contributed by atoms with van der Waals surface area (Å²) in [7, 11) is 0. The largest absolute Gasteiger partial charge is 0.478 e. The van der Waals surface area contributed by atoms with Gasteiger partial charge in [0.25, 0.3) is 0 Å². The van der Waals surface area contributed by atoms with E-state index < -0.39 is 5.97 Å². The Labute approximate surface area is 105 Å². The van der Waals surface area contributed by atoms with Crippen molar-refractivity contribution >= 4 is 5.97 Å². The van der Waals surface area contributed by atoms with Crippen molar-refractivity contribution in [1.82, 2.24) is 0 Å². The number of hydrogen-bond donors (Lipinski definition) is 1. The van der Waals surface area contributed by atoms with Crippen LogP contribution in [-0.4, -0.2) is 11.1 Å². The summed E-state index contributed by atoms with van der Waals surface area (Å²) in [6.07, 6.45) is 15.7. The maximum atomic E-state index is 10.5. The number of unbranched alkanes of at least 4 members (excludes halogenated alkanes) is 3. The number of aliphatic carboxylic acids is 1. The average Bonchev–Trinajstić information content (AvgIpc) is 2.31. The van der Waals surface area contributed by atoms with Crippen LogP contribution in [0, 0.1) is 0 Å². The third-order valence-corrected chi connectivity index (χ3v) is 2.48. The van der Waals surface area contributed by atoms with Crippen LogP contribution < -0.4 is 0 Å². The van der Waals surface area contributed by atoms with Crippen LogP contribution in [0.25, 0.3) is 0 Å². The van der Waals surface area contributed by atoms with E-state index in [-0.39, 0.29) is 0 Å². The van der Waals surface area contributed by atoms with Gasteiger partial charge >= 0.3 is 5.97 Å². The molecule has 0 heterocycles. The van der Waals surface area contributed by atoms with Crippen molar-refractivity contribution in [3.63, 3.8) is 0 Å². The van der Waals surface area contributed by atoms with Crippen molar-refractivity contribution in [2.45, 2.75) is 51.9 Å². The van der Waals surface area contributed by atoms with Gasteiger partial charge in [0, 0.05) is 5.57 Å². The molecule has 0 saturated heterocycles. The molecule has 17 heavy (non-hydrogen) atoms. The summed E-state index contributed by atoms with van der Waals surface area (Å²) in [5, 5.41) is 8.60. The van der Waals surface area contributed by atoms with Crippen molar-refractivity contribution in [3.05, 3.63) is 36.5 Å². The van der Waals surface area contributed by atoms with Gasteiger partial charge in [-0.1, -0.05) is 50.6 Å². The fourth-order valence-corrected chi connectivity index (χ4v) is 1.37. The summed E-state index contributed by atoms with van der Waals surface area (Å²) in [5.41, 5.74) is 0.304. The Morgan fingerprint density at radius 2 is 1.71 bits per heavy atom. The van der Waals surface area contributed by atoms with Gasteiger partial charge in [0.15, 0.2) is 0 Å². The third-order valence-electron chi connectivity index (χ3n) is 2.48. The van der Waals surface area contributed by atoms with Crippen LogP contribution in [0.2, 0.25) is 0 Å². The maximum Gasteiger partial charge on any atom is 0.330 e. The summed E-state index contributed by atoms with van der Waals surface area (Å²) >= 11 is 0. The van der Waals surface area contributed by atoms with Crippen molar-refractivity contribution in [2.75, 3.05) is 0 Å². The first-order valence-corrected chi connectivity index (χ1v) is 6.39. The van der Waals surface area contributed by atoms with Gasteiger partial charge in [-0.05, 0) is 32.1 Å². The molecule has 0 aromatic heterocycles. The molecule has 0 aliphatic rings. The highest BCUT2D eigenvalue weighted by molar-refractivity contribution is 5.85. The van der Waals surface area contributed by atoms with Gasteiger partial charge in [0.05, 0.1) is 0 Å². The van der Waals surface area contributed by atoms with Crippen LogP contribution in [-0.2, 0) is 4.79 Å². The van der Waals surface area contributed by atoms with E-state index in [9.17, 15) is 4.79 Å². The predicted molar refractivity (Wildman–Crippen MR) is 73.0 cm³/mol. The Morgan fingerprint density at radius 3 is 2.24 bits per heavy atom. The number of hydrogen-bond acceptors (Lipinski definition) is 1. The molecule has 0 aliphatic heterocycles. The number of carbonyl (C=O) groups is 1. The Balaban J connectivity index is 3.40. The number of carboxylic acids is 1. The molecule has 2 heteroatoms. The lowest BCUT2D eigenvalue weighted by molar-refractivity contribution is -0.132. The standard InChI is InChI=1S/C15H24O2/c1-3-4-5-6-7-8-9-10-11-12-13-14(2)15(16)17/h6-7,9-10H,2-5,8,11-13H2,1H3,(H,16,17). The molecule has 0 atom stereocenters. The molecule has 0 bridgehead atoms. The quantitative estimate of drug-likeness (QED) is 0.345. The van der Waals surface area contributed by atoms with Crippen LogP contribution in [0.15, 0.2) is 36.5 Å². The van der Waals surface area contributed by atoms with Crippen LogP contribution >= 0.6 is 0 Å². The first-order valence-electron chi connectivity index (χ1n) is 6.39. The molecule has 0 unspecified atom stereocenters. The van der Waals surface area contributed by atoms with Gasteiger partial charge < -0.3 is 5.11 Å². The molecule has 0 spiro atoms. The first-order chi connectivity index (χ1) is 8.18. The molecule has 0 aliphatic carbocycles. The van der Waals surface area contributed by atoms with Gasteiger partial charge in [-0.2, -0.15) is 0 Å². The Morgan fingerprint density at radius 1 is 1.12 bits per heavy atom. The normalized spacial score (nSPS) is 11.4. The summed E-state index contributed by atoms with van der Waals surface area (Å²) in [4.78, 5) is 10.5. The molecule has 0 aromatic rings. The second-order valence-corrected chi connectivity index (χ2v) is 4.12. The maximum absolute atomic E-state index is 10.5. The first kappa shape index (κ1) is 15.7. The van der Waals surface area contributed by atoms with E-state index >= 15 is 0 Å². The minimum absolute atomic E-state index is 0.304. The van der Waals surface area contributed by atoms with Crippen molar-refractivity contribution in [2.24, 2.45) is 0 Å². The van der Waals surface area contributed by atoms with E-state index in [4.69, 9.17) is 5.11 Å². The highest BCUT2D eigenvalue weighted by Gasteiger charge is 2.01. The van der Waals surface area contributed by atoms with Gasteiger partial charge in [-0.25, -0.2) is 4.79 Å². The lowest BCUT2D eigenvalue weighted by atomic mass is 10.1. The van der Waals surface area contributed by atoms with Crippen molar-refractivity contribution < 1.29 is 9.90 Å². The smallest absolute Gasteiger partial charge is 0.330 e. The van der Waals surface area contributed by atoms with E-state index in [0.29, 0.717) is 12.0 Å². The van der Waals surface area contributed by atoms with Gasteiger partial charge in [0.1, 0.15) is 0 Å². The molecule has 96 valence electrons. The lowest BCUT2D eigenvalue weighted by Gasteiger charge is -1.96. The number of allylic oxidation sites excluding steroid dienone is 4. The summed E-state index contributed by atoms with van der Waals surface area (Å²) in [5.74, 6) is -0.882. The van der Waals surface area contributed by atoms with Crippen LogP contribution in [0.5, 0.6) is 0 Å². The highest BCUT2D eigenvalue weighted by Crippen LogP contribution is 2.06. The fraction of sp³-hybridized carbons (Fsp3) is 0.533. The lowest BCUT2D eigenvalue weighted by Crippen LogP contribution is -1.97. The van der Waals surface area contributed by atoms with Gasteiger partial charge in [0.2, 0.25) is 0 Å². The minimum atomic E-state index is -0.882. The molecule has 0 saturated carbocycles. The van der Waals surface area contributed by atoms with E-state index in [2.05, 4.69) is 37.8 Å². The van der Waals surface area contributed by atoms with Crippen LogP contribution in [0.4, 0.5) is 0 Å². The zero-order valence-electron chi connectivity index (χ0n) is 10.8. The number of carboxylic acid groups (broad SMARTS) is 1. The molecule has 2 nitrogen and oxygen atoms in total. The zero-order valence-corrected chi connectivity index (χ0v) is 10.8. The minimum Gasteiger partial charge on any atom is -0.478 e. The molecular weight excluding hydrogens is 212 g/mol. The third kappa shape index (κ3) is 11.0. The SMILES string of the molecule is C=C(CCCC=CCC=CCCCC)C(=O)O. The molecular formula is C15H24O2. The zero-order chi connectivity index (χ0) is 12.9. The molecule has 1 N–H and O–H groups in total. The second kappa shape index (κ2) is 11.2. The van der Waals surface area contributed by atoms with Crippen LogP contribution in [0.3, 0.4) is 0 Å². The summed E-state index contributed by atoms with van der Waals surface area (Å²) < 4.78 is 0. The summed E-state index contributed by atoms with van der Waals surface area (Å²) in [6, 6.07) is 0. The molecule has 0 amide bonds. The highest BCUT2D eigenvalue weighted by atomic mass is 16.4. The summed E-state index contributed by atoms with van der Waals surface area (Å²) in [6.45, 7) is 5.69. The predicted octanol–water partition coefficient (Wildman–Crippen LogP) is 4.49. The van der Waals surface area contributed by atoms with Gasteiger partial charge in [-0.15, -0.1) is 0 Å². The molecule has 0 fully saturated rings. The van der Waals surface area contributed by atoms with E-state index in [1.54, 1.807) is 0 Å². The monoisotopic (exact) mass is 236 g/mol.